The van der Waals surface area contributed by atoms with Gasteiger partial charge in [0.1, 0.15) is 6.04 Å². The van der Waals surface area contributed by atoms with Gasteiger partial charge in [-0.05, 0) is 12.3 Å². The quantitative estimate of drug-likeness (QED) is 0.436. The molecule has 0 aromatic carbocycles. The van der Waals surface area contributed by atoms with Gasteiger partial charge in [-0.25, -0.2) is 4.98 Å². The molecular formula is C16H26N6O4. The van der Waals surface area contributed by atoms with Gasteiger partial charge in [-0.2, -0.15) is 4.98 Å². The Kier molecular flexibility index (Phi) is 6.70. The van der Waals surface area contributed by atoms with E-state index < -0.39 is 17.6 Å². The molecule has 0 fully saturated rings. The Labute approximate surface area is 150 Å². The number of hydrogen-bond donors (Lipinski definition) is 4. The fourth-order valence-electron chi connectivity index (χ4n) is 2.53. The van der Waals surface area contributed by atoms with Gasteiger partial charge in [0, 0.05) is 19.1 Å². The summed E-state index contributed by atoms with van der Waals surface area (Å²) in [5.41, 5.74) is 11.5. The molecule has 2 heterocycles. The van der Waals surface area contributed by atoms with Gasteiger partial charge in [0.25, 0.3) is 5.56 Å². The fraction of sp³-hybridized carbons (Fsp3) is 0.625. The number of nitrogen functional groups attached to an aromatic ring is 1. The average molecular weight is 366 g/mol. The molecule has 0 spiro atoms. The van der Waals surface area contributed by atoms with Gasteiger partial charge in [-0.3, -0.25) is 14.6 Å². The maximum atomic E-state index is 11.9. The van der Waals surface area contributed by atoms with Crippen LogP contribution >= 0.6 is 0 Å². The van der Waals surface area contributed by atoms with Gasteiger partial charge in [0.2, 0.25) is 5.95 Å². The van der Waals surface area contributed by atoms with E-state index in [1.54, 1.807) is 4.57 Å². The first-order valence-electron chi connectivity index (χ1n) is 8.61. The van der Waals surface area contributed by atoms with Crippen molar-refractivity contribution >= 4 is 23.1 Å². The highest BCUT2D eigenvalue weighted by Crippen LogP contribution is 2.13. The molecule has 10 nitrogen and oxygen atoms in total. The van der Waals surface area contributed by atoms with E-state index in [0.29, 0.717) is 18.6 Å². The zero-order valence-electron chi connectivity index (χ0n) is 15.0. The van der Waals surface area contributed by atoms with Gasteiger partial charge in [-0.15, -0.1) is 0 Å². The van der Waals surface area contributed by atoms with E-state index in [1.807, 2.05) is 13.8 Å². The molecule has 0 aliphatic carbocycles. The minimum Gasteiger partial charge on any atom is -0.465 e. The predicted octanol–water partition coefficient (Wildman–Crippen LogP) is -0.383. The lowest BCUT2D eigenvalue weighted by atomic mass is 10.0. The minimum atomic E-state index is -0.649. The molecule has 0 bridgehead atoms. The molecule has 2 aromatic heterocycles. The molecular weight excluding hydrogens is 340 g/mol. The first-order chi connectivity index (χ1) is 12.4. The normalized spacial score (nSPS) is 14.9. The van der Waals surface area contributed by atoms with Crippen LogP contribution in [0, 0.1) is 11.8 Å². The van der Waals surface area contributed by atoms with E-state index in [1.165, 1.54) is 6.33 Å². The molecule has 144 valence electrons. The zero-order valence-corrected chi connectivity index (χ0v) is 15.0. The lowest BCUT2D eigenvalue weighted by Crippen LogP contribution is -2.38. The lowest BCUT2D eigenvalue weighted by Gasteiger charge is -2.19. The number of carbonyl (C=O) groups is 1. The number of nitrogens with one attached hydrogen (secondary N) is 1. The number of aromatic nitrogens is 4. The van der Waals surface area contributed by atoms with Gasteiger partial charge in [-0.1, -0.05) is 20.3 Å². The van der Waals surface area contributed by atoms with Gasteiger partial charge in [0.15, 0.2) is 11.2 Å². The number of aliphatic hydroxyl groups excluding tert-OH is 1. The van der Waals surface area contributed by atoms with Crippen molar-refractivity contribution in [2.45, 2.75) is 39.3 Å². The summed E-state index contributed by atoms with van der Waals surface area (Å²) in [4.78, 5) is 34.2. The molecule has 0 saturated heterocycles. The highest BCUT2D eigenvalue weighted by molar-refractivity contribution is 5.75. The number of hydrogen-bond acceptors (Lipinski definition) is 8. The van der Waals surface area contributed by atoms with E-state index in [-0.39, 0.29) is 36.5 Å². The van der Waals surface area contributed by atoms with Gasteiger partial charge >= 0.3 is 5.97 Å². The molecule has 0 saturated carbocycles. The standard InChI is InChI=1S/C16H26N6O4/c1-3-9(2)11(17)15(25)26-5-4-10(7-23)6-22-8-19-12-13(22)20-16(18)21-14(12)24/h8-11,23H,3-7,17H2,1-2H3,(H3,18,20,21,24)/t9-,10?,11-/m0/s1. The third-order valence-electron chi connectivity index (χ3n) is 4.51. The summed E-state index contributed by atoms with van der Waals surface area (Å²) in [6, 6.07) is -0.649. The summed E-state index contributed by atoms with van der Waals surface area (Å²) in [5, 5.41) is 9.59. The Morgan fingerprint density at radius 2 is 2.23 bits per heavy atom. The van der Waals surface area contributed by atoms with E-state index in [2.05, 4.69) is 15.0 Å². The lowest BCUT2D eigenvalue weighted by molar-refractivity contribution is -0.147. The minimum absolute atomic E-state index is 0.00207. The number of H-pyrrole nitrogens is 1. The Hall–Kier alpha value is -2.46. The SMILES string of the molecule is CC[C@H](C)[C@H](N)C(=O)OCCC(CO)Cn1cnc2c(=O)[nH]c(N)nc21. The molecule has 26 heavy (non-hydrogen) atoms. The van der Waals surface area contributed by atoms with Crippen molar-refractivity contribution in [2.75, 3.05) is 18.9 Å². The largest absolute Gasteiger partial charge is 0.465 e. The van der Waals surface area contributed by atoms with Crippen molar-refractivity contribution in [3.05, 3.63) is 16.7 Å². The second-order valence-corrected chi connectivity index (χ2v) is 6.44. The first kappa shape index (κ1) is 19.9. The number of nitrogens with two attached hydrogens (primary N) is 2. The topological polar surface area (TPSA) is 162 Å². The molecule has 0 aliphatic heterocycles. The number of rotatable bonds is 9. The van der Waals surface area contributed by atoms with Gasteiger partial charge in [0.05, 0.1) is 12.9 Å². The Morgan fingerprint density at radius 1 is 1.50 bits per heavy atom. The Bertz CT molecular complexity index is 802. The summed E-state index contributed by atoms with van der Waals surface area (Å²) < 4.78 is 6.86. The van der Waals surface area contributed by atoms with E-state index in [9.17, 15) is 14.7 Å². The van der Waals surface area contributed by atoms with Crippen molar-refractivity contribution in [1.29, 1.82) is 0 Å². The number of imidazole rings is 1. The monoisotopic (exact) mass is 366 g/mol. The van der Waals surface area contributed by atoms with Crippen molar-refractivity contribution in [2.24, 2.45) is 17.6 Å². The van der Waals surface area contributed by atoms with E-state index in [0.717, 1.165) is 6.42 Å². The van der Waals surface area contributed by atoms with Crippen LogP contribution in [0.1, 0.15) is 26.7 Å². The summed E-state index contributed by atoms with van der Waals surface area (Å²) in [7, 11) is 0. The molecule has 0 amide bonds. The predicted molar refractivity (Wildman–Crippen MR) is 96.1 cm³/mol. The Balaban J connectivity index is 1.96. The highest BCUT2D eigenvalue weighted by Gasteiger charge is 2.21. The average Bonchev–Trinajstić information content (AvgIpc) is 3.02. The van der Waals surface area contributed by atoms with Crippen LogP contribution in [0.3, 0.4) is 0 Å². The summed E-state index contributed by atoms with van der Waals surface area (Å²) in [6.45, 7) is 4.25. The molecule has 0 aliphatic rings. The summed E-state index contributed by atoms with van der Waals surface area (Å²) in [6.07, 6.45) is 2.70. The van der Waals surface area contributed by atoms with Crippen molar-refractivity contribution in [3.8, 4) is 0 Å². The second kappa shape index (κ2) is 8.77. The molecule has 2 aromatic rings. The second-order valence-electron chi connectivity index (χ2n) is 6.44. The molecule has 10 heteroatoms. The van der Waals surface area contributed by atoms with Crippen molar-refractivity contribution in [1.82, 2.24) is 19.5 Å². The van der Waals surface area contributed by atoms with Crippen LogP contribution in [0.15, 0.2) is 11.1 Å². The molecule has 3 atom stereocenters. The van der Waals surface area contributed by atoms with Crippen molar-refractivity contribution in [3.63, 3.8) is 0 Å². The maximum absolute atomic E-state index is 11.9. The molecule has 0 radical (unpaired) electrons. The number of anilines is 1. The van der Waals surface area contributed by atoms with Crippen LogP contribution in [-0.2, 0) is 16.1 Å². The molecule has 1 unspecified atom stereocenters. The summed E-state index contributed by atoms with van der Waals surface area (Å²) in [5.74, 6) is -0.603. The van der Waals surface area contributed by atoms with Crippen LogP contribution in [0.5, 0.6) is 0 Å². The fourth-order valence-corrected chi connectivity index (χ4v) is 2.53. The number of aliphatic hydroxyl groups is 1. The van der Waals surface area contributed by atoms with Crippen LogP contribution in [-0.4, -0.2) is 49.9 Å². The Morgan fingerprint density at radius 3 is 2.88 bits per heavy atom. The number of carbonyl (C=O) groups excluding carboxylic acids is 1. The van der Waals surface area contributed by atoms with Crippen LogP contribution < -0.4 is 17.0 Å². The van der Waals surface area contributed by atoms with Crippen LogP contribution in [0.2, 0.25) is 0 Å². The van der Waals surface area contributed by atoms with Gasteiger partial charge < -0.3 is 25.9 Å². The van der Waals surface area contributed by atoms with Crippen LogP contribution in [0.25, 0.3) is 11.2 Å². The highest BCUT2D eigenvalue weighted by atomic mass is 16.5. The number of nitrogens with zero attached hydrogens (tertiary/aromatic N) is 3. The number of aromatic amines is 1. The third-order valence-corrected chi connectivity index (χ3v) is 4.51. The van der Waals surface area contributed by atoms with Crippen LogP contribution in [0.4, 0.5) is 5.95 Å². The third kappa shape index (κ3) is 4.58. The van der Waals surface area contributed by atoms with E-state index in [4.69, 9.17) is 16.2 Å². The zero-order chi connectivity index (χ0) is 19.3. The number of ether oxygens (including phenoxy) is 1. The molecule has 2 rings (SSSR count). The summed E-state index contributed by atoms with van der Waals surface area (Å²) >= 11 is 0. The first-order valence-corrected chi connectivity index (χ1v) is 8.61. The van der Waals surface area contributed by atoms with Crippen molar-refractivity contribution < 1.29 is 14.6 Å². The smallest absolute Gasteiger partial charge is 0.323 e. The molecule has 6 N–H and O–H groups in total. The van der Waals surface area contributed by atoms with E-state index >= 15 is 0 Å². The number of fused-ring (bicyclic) bond motifs is 1. The maximum Gasteiger partial charge on any atom is 0.323 e. The number of esters is 1.